The summed E-state index contributed by atoms with van der Waals surface area (Å²) in [6, 6.07) is 1.94. The third-order valence-electron chi connectivity index (χ3n) is 6.48. The molecule has 138 valence electrons. The highest BCUT2D eigenvalue weighted by molar-refractivity contribution is 5.70. The SMILES string of the molecule is Cc1[nH]c(=O)c(C#N)c(C)c1CCC(=O)OCC1=CC[C@@H]2C[C@H]1C2(C)C. The first-order valence-corrected chi connectivity index (χ1v) is 9.22. The molecule has 4 rings (SSSR count). The highest BCUT2D eigenvalue weighted by Gasteiger charge is 2.51. The van der Waals surface area contributed by atoms with Gasteiger partial charge in [-0.2, -0.15) is 5.26 Å². The molecule has 0 aliphatic heterocycles. The fourth-order valence-corrected chi connectivity index (χ4v) is 4.52. The summed E-state index contributed by atoms with van der Waals surface area (Å²) < 4.78 is 5.51. The standard InChI is InChI=1S/C21H26N2O3/c1-12-16(13(2)23-20(25)17(12)10-22)7-8-19(24)26-11-14-5-6-15-9-18(14)21(15,3)4/h5,15,18H,6-9,11H2,1-4H3,(H,23,25)/t15-,18-/m1/s1. The Balaban J connectivity index is 1.58. The van der Waals surface area contributed by atoms with Gasteiger partial charge in [0.2, 0.25) is 0 Å². The highest BCUT2D eigenvalue weighted by atomic mass is 16.5. The number of nitrogens with one attached hydrogen (secondary N) is 1. The van der Waals surface area contributed by atoms with Crippen molar-refractivity contribution in [3.8, 4) is 6.07 Å². The topological polar surface area (TPSA) is 83.0 Å². The first kappa shape index (κ1) is 18.4. The molecule has 1 fully saturated rings. The first-order chi connectivity index (χ1) is 12.3. The molecule has 2 bridgehead atoms. The third-order valence-corrected chi connectivity index (χ3v) is 6.48. The lowest BCUT2D eigenvalue weighted by Gasteiger charge is -2.56. The van der Waals surface area contributed by atoms with Crippen LogP contribution in [0.15, 0.2) is 16.4 Å². The molecule has 1 saturated carbocycles. The Bertz CT molecular complexity index is 870. The average molecular weight is 354 g/mol. The van der Waals surface area contributed by atoms with Gasteiger partial charge in [-0.05, 0) is 67.1 Å². The summed E-state index contributed by atoms with van der Waals surface area (Å²) >= 11 is 0. The quantitative estimate of drug-likeness (QED) is 0.649. The molecule has 0 amide bonds. The number of nitriles is 1. The van der Waals surface area contributed by atoms with Gasteiger partial charge in [0.1, 0.15) is 18.2 Å². The maximum absolute atomic E-state index is 12.2. The lowest BCUT2D eigenvalue weighted by Crippen LogP contribution is -2.48. The zero-order valence-electron chi connectivity index (χ0n) is 15.9. The van der Waals surface area contributed by atoms with Crippen LogP contribution >= 0.6 is 0 Å². The van der Waals surface area contributed by atoms with Gasteiger partial charge in [-0.3, -0.25) is 9.59 Å². The third kappa shape index (κ3) is 3.09. The van der Waals surface area contributed by atoms with E-state index in [1.165, 1.54) is 12.0 Å². The van der Waals surface area contributed by atoms with Crippen LogP contribution < -0.4 is 5.56 Å². The van der Waals surface area contributed by atoms with Gasteiger partial charge in [-0.15, -0.1) is 0 Å². The molecule has 2 atom stereocenters. The van der Waals surface area contributed by atoms with Crippen LogP contribution in [-0.2, 0) is 16.0 Å². The predicted molar refractivity (Wildman–Crippen MR) is 98.6 cm³/mol. The molecule has 1 heterocycles. The molecule has 0 unspecified atom stereocenters. The van der Waals surface area contributed by atoms with Crippen molar-refractivity contribution in [1.82, 2.24) is 4.98 Å². The number of hydrogen-bond donors (Lipinski definition) is 1. The number of esters is 1. The average Bonchev–Trinajstić information content (AvgIpc) is 2.59. The Morgan fingerprint density at radius 3 is 2.77 bits per heavy atom. The van der Waals surface area contributed by atoms with E-state index < -0.39 is 0 Å². The van der Waals surface area contributed by atoms with E-state index in [0.29, 0.717) is 35.6 Å². The zero-order valence-corrected chi connectivity index (χ0v) is 15.9. The fraction of sp³-hybridized carbons (Fsp3) is 0.571. The van der Waals surface area contributed by atoms with Crippen LogP contribution in [0.4, 0.5) is 0 Å². The minimum absolute atomic E-state index is 0.119. The summed E-state index contributed by atoms with van der Waals surface area (Å²) in [6.07, 6.45) is 5.24. The summed E-state index contributed by atoms with van der Waals surface area (Å²) in [4.78, 5) is 26.7. The van der Waals surface area contributed by atoms with E-state index in [4.69, 9.17) is 10.00 Å². The van der Waals surface area contributed by atoms with Crippen LogP contribution in [0.3, 0.4) is 0 Å². The van der Waals surface area contributed by atoms with Crippen molar-refractivity contribution in [2.45, 2.75) is 53.4 Å². The molecular formula is C21H26N2O3. The summed E-state index contributed by atoms with van der Waals surface area (Å²) in [5.41, 5.74) is 3.53. The Morgan fingerprint density at radius 1 is 1.42 bits per heavy atom. The second kappa shape index (κ2) is 6.75. The first-order valence-electron chi connectivity index (χ1n) is 9.22. The molecule has 0 saturated heterocycles. The smallest absolute Gasteiger partial charge is 0.306 e. The second-order valence-corrected chi connectivity index (χ2v) is 8.15. The Morgan fingerprint density at radius 2 is 2.15 bits per heavy atom. The normalized spacial score (nSPS) is 22.8. The van der Waals surface area contributed by atoms with Gasteiger partial charge in [0.15, 0.2) is 0 Å². The summed E-state index contributed by atoms with van der Waals surface area (Å²) in [7, 11) is 0. The molecule has 1 aromatic rings. The zero-order chi connectivity index (χ0) is 19.1. The number of carbonyl (C=O) groups excluding carboxylic acids is 1. The van der Waals surface area contributed by atoms with Gasteiger partial charge < -0.3 is 9.72 Å². The Labute approximate surface area is 154 Å². The number of aromatic amines is 1. The van der Waals surface area contributed by atoms with Crippen LogP contribution in [0.5, 0.6) is 0 Å². The van der Waals surface area contributed by atoms with Crippen LogP contribution in [-0.4, -0.2) is 17.6 Å². The van der Waals surface area contributed by atoms with E-state index >= 15 is 0 Å². The van der Waals surface area contributed by atoms with Crippen molar-refractivity contribution < 1.29 is 9.53 Å². The minimum Gasteiger partial charge on any atom is -0.461 e. The summed E-state index contributed by atoms with van der Waals surface area (Å²) in [6.45, 7) is 8.53. The molecule has 0 spiro atoms. The molecule has 1 N–H and O–H groups in total. The van der Waals surface area contributed by atoms with Gasteiger partial charge in [-0.25, -0.2) is 0 Å². The molecule has 0 aromatic carbocycles. The number of fused-ring (bicyclic) bond motifs is 1. The molecule has 26 heavy (non-hydrogen) atoms. The van der Waals surface area contributed by atoms with Crippen molar-refractivity contribution in [3.63, 3.8) is 0 Å². The second-order valence-electron chi connectivity index (χ2n) is 8.15. The molecule has 0 radical (unpaired) electrons. The molecule has 5 nitrogen and oxygen atoms in total. The van der Waals surface area contributed by atoms with E-state index in [9.17, 15) is 9.59 Å². The highest BCUT2D eigenvalue weighted by Crippen LogP contribution is 2.59. The number of aromatic nitrogens is 1. The molecular weight excluding hydrogens is 328 g/mol. The lowest BCUT2D eigenvalue weighted by molar-refractivity contribution is -0.143. The maximum atomic E-state index is 12.2. The van der Waals surface area contributed by atoms with Crippen molar-refractivity contribution >= 4 is 5.97 Å². The number of pyridine rings is 1. The van der Waals surface area contributed by atoms with Gasteiger partial charge in [0, 0.05) is 12.1 Å². The van der Waals surface area contributed by atoms with E-state index in [1.54, 1.807) is 13.8 Å². The van der Waals surface area contributed by atoms with Crippen molar-refractivity contribution in [3.05, 3.63) is 44.4 Å². The Kier molecular flexibility index (Phi) is 4.79. The number of nitrogens with zero attached hydrogens (tertiary/aromatic N) is 1. The van der Waals surface area contributed by atoms with E-state index in [1.807, 2.05) is 6.07 Å². The van der Waals surface area contributed by atoms with E-state index in [2.05, 4.69) is 24.9 Å². The van der Waals surface area contributed by atoms with Crippen molar-refractivity contribution in [2.24, 2.45) is 17.3 Å². The molecule has 3 aliphatic carbocycles. The number of rotatable bonds is 5. The molecule has 1 aromatic heterocycles. The van der Waals surface area contributed by atoms with Gasteiger partial charge in [0.05, 0.1) is 0 Å². The van der Waals surface area contributed by atoms with Crippen LogP contribution in [0.1, 0.15) is 55.5 Å². The summed E-state index contributed by atoms with van der Waals surface area (Å²) in [5.74, 6) is 1.07. The number of ether oxygens (including phenoxy) is 1. The Hall–Kier alpha value is -2.35. The number of hydrogen-bond acceptors (Lipinski definition) is 4. The lowest BCUT2D eigenvalue weighted by atomic mass is 9.49. The van der Waals surface area contributed by atoms with Crippen LogP contribution in [0.25, 0.3) is 0 Å². The fourth-order valence-electron chi connectivity index (χ4n) is 4.52. The number of carbonyl (C=O) groups is 1. The van der Waals surface area contributed by atoms with Gasteiger partial charge in [-0.1, -0.05) is 19.9 Å². The van der Waals surface area contributed by atoms with Gasteiger partial charge >= 0.3 is 5.97 Å². The van der Waals surface area contributed by atoms with Crippen molar-refractivity contribution in [2.75, 3.05) is 6.61 Å². The van der Waals surface area contributed by atoms with E-state index in [0.717, 1.165) is 17.9 Å². The monoisotopic (exact) mass is 354 g/mol. The largest absolute Gasteiger partial charge is 0.461 e. The van der Waals surface area contributed by atoms with Crippen LogP contribution in [0, 0.1) is 42.4 Å². The van der Waals surface area contributed by atoms with Crippen LogP contribution in [0.2, 0.25) is 0 Å². The number of H-pyrrole nitrogens is 1. The molecule has 5 heteroatoms. The van der Waals surface area contributed by atoms with Gasteiger partial charge in [0.25, 0.3) is 5.56 Å². The number of aryl methyl sites for hydroxylation is 1. The number of allylic oxidation sites excluding steroid dienone is 1. The minimum atomic E-state index is -0.375. The van der Waals surface area contributed by atoms with Crippen molar-refractivity contribution in [1.29, 1.82) is 5.26 Å². The predicted octanol–water partition coefficient (Wildman–Crippen LogP) is 3.33. The molecule has 3 aliphatic rings. The maximum Gasteiger partial charge on any atom is 0.306 e. The van der Waals surface area contributed by atoms with E-state index in [-0.39, 0.29) is 23.5 Å². The summed E-state index contributed by atoms with van der Waals surface area (Å²) in [5, 5.41) is 9.12.